The lowest BCUT2D eigenvalue weighted by molar-refractivity contribution is 0.423. The molecule has 2 aliphatic rings. The summed E-state index contributed by atoms with van der Waals surface area (Å²) in [6, 6.07) is 0. The SMILES string of the molecule is C1CCNCC1.CC1CO1. The van der Waals surface area contributed by atoms with Crippen molar-refractivity contribution < 1.29 is 4.74 Å². The van der Waals surface area contributed by atoms with Crippen LogP contribution in [0.5, 0.6) is 0 Å². The number of epoxide rings is 1. The third-order valence-electron chi connectivity index (χ3n) is 1.71. The molecular weight excluding hydrogens is 126 g/mol. The summed E-state index contributed by atoms with van der Waals surface area (Å²) in [4.78, 5) is 0. The first-order valence-corrected chi connectivity index (χ1v) is 4.22. The third-order valence-corrected chi connectivity index (χ3v) is 1.71. The van der Waals surface area contributed by atoms with E-state index in [-0.39, 0.29) is 0 Å². The minimum Gasteiger partial charge on any atom is -0.373 e. The van der Waals surface area contributed by atoms with E-state index in [9.17, 15) is 0 Å². The molecule has 0 aliphatic carbocycles. The van der Waals surface area contributed by atoms with E-state index in [2.05, 4.69) is 12.2 Å². The Labute approximate surface area is 63.0 Å². The largest absolute Gasteiger partial charge is 0.373 e. The average molecular weight is 143 g/mol. The average Bonchev–Trinajstić information content (AvgIpc) is 2.77. The molecule has 1 atom stereocenters. The molecule has 2 aliphatic heterocycles. The zero-order valence-corrected chi connectivity index (χ0v) is 6.73. The van der Waals surface area contributed by atoms with E-state index < -0.39 is 0 Å². The summed E-state index contributed by atoms with van der Waals surface area (Å²) >= 11 is 0. The molecular formula is C8H17NO. The summed E-state index contributed by atoms with van der Waals surface area (Å²) < 4.78 is 4.71. The highest BCUT2D eigenvalue weighted by atomic mass is 16.6. The van der Waals surface area contributed by atoms with E-state index >= 15 is 0 Å². The van der Waals surface area contributed by atoms with Gasteiger partial charge in [-0.15, -0.1) is 0 Å². The van der Waals surface area contributed by atoms with E-state index in [1.807, 2.05) is 0 Å². The molecule has 2 saturated heterocycles. The van der Waals surface area contributed by atoms with Crippen molar-refractivity contribution >= 4 is 0 Å². The standard InChI is InChI=1S/C5H11N.C3H6O/c1-2-4-6-5-3-1;1-3-2-4-3/h6H,1-5H2;3H,2H2,1H3. The molecule has 2 nitrogen and oxygen atoms in total. The minimum absolute atomic E-state index is 0.583. The van der Waals surface area contributed by atoms with Crippen molar-refractivity contribution in [3.63, 3.8) is 0 Å². The van der Waals surface area contributed by atoms with Crippen molar-refractivity contribution in [1.29, 1.82) is 0 Å². The van der Waals surface area contributed by atoms with Crippen LogP contribution in [0.3, 0.4) is 0 Å². The van der Waals surface area contributed by atoms with E-state index in [4.69, 9.17) is 4.74 Å². The van der Waals surface area contributed by atoms with Crippen LogP contribution in [0.1, 0.15) is 26.2 Å². The number of nitrogens with one attached hydrogen (secondary N) is 1. The normalized spacial score (nSPS) is 30.3. The summed E-state index contributed by atoms with van der Waals surface area (Å²) in [5.74, 6) is 0. The van der Waals surface area contributed by atoms with Gasteiger partial charge in [-0.1, -0.05) is 6.42 Å². The highest BCUT2D eigenvalue weighted by Gasteiger charge is 2.13. The van der Waals surface area contributed by atoms with Gasteiger partial charge in [0.15, 0.2) is 0 Å². The molecule has 0 radical (unpaired) electrons. The van der Waals surface area contributed by atoms with Crippen LogP contribution in [0, 0.1) is 0 Å². The summed E-state index contributed by atoms with van der Waals surface area (Å²) in [7, 11) is 0. The first-order valence-electron chi connectivity index (χ1n) is 4.22. The lowest BCUT2D eigenvalue weighted by Gasteiger charge is -2.08. The van der Waals surface area contributed by atoms with Gasteiger partial charge in [-0.05, 0) is 32.9 Å². The van der Waals surface area contributed by atoms with Crippen LogP contribution in [-0.2, 0) is 4.74 Å². The monoisotopic (exact) mass is 143 g/mol. The van der Waals surface area contributed by atoms with Crippen LogP contribution < -0.4 is 5.32 Å². The first kappa shape index (κ1) is 8.02. The lowest BCUT2D eigenvalue weighted by atomic mass is 10.2. The van der Waals surface area contributed by atoms with Crippen LogP contribution in [0.4, 0.5) is 0 Å². The van der Waals surface area contributed by atoms with Gasteiger partial charge in [0.25, 0.3) is 0 Å². The van der Waals surface area contributed by atoms with E-state index in [1.54, 1.807) is 0 Å². The maximum absolute atomic E-state index is 4.71. The highest BCUT2D eigenvalue weighted by Crippen LogP contribution is 2.04. The Kier molecular flexibility index (Phi) is 3.76. The molecule has 2 fully saturated rings. The van der Waals surface area contributed by atoms with Crippen LogP contribution in [0.2, 0.25) is 0 Å². The highest BCUT2D eigenvalue weighted by molar-refractivity contribution is 4.58. The van der Waals surface area contributed by atoms with Crippen LogP contribution in [0.25, 0.3) is 0 Å². The summed E-state index contributed by atoms with van der Waals surface area (Å²) in [6.45, 7) is 5.54. The van der Waals surface area contributed by atoms with Crippen molar-refractivity contribution in [3.05, 3.63) is 0 Å². The molecule has 2 heterocycles. The van der Waals surface area contributed by atoms with Gasteiger partial charge in [-0.3, -0.25) is 0 Å². The smallest absolute Gasteiger partial charge is 0.0781 e. The number of piperidine rings is 1. The van der Waals surface area contributed by atoms with E-state index in [0.29, 0.717) is 6.10 Å². The van der Waals surface area contributed by atoms with Gasteiger partial charge in [-0.2, -0.15) is 0 Å². The molecule has 1 unspecified atom stereocenters. The van der Waals surface area contributed by atoms with Crippen molar-refractivity contribution in [2.24, 2.45) is 0 Å². The van der Waals surface area contributed by atoms with E-state index in [0.717, 1.165) is 6.61 Å². The van der Waals surface area contributed by atoms with Crippen LogP contribution in [0.15, 0.2) is 0 Å². The van der Waals surface area contributed by atoms with Gasteiger partial charge < -0.3 is 10.1 Å². The van der Waals surface area contributed by atoms with Gasteiger partial charge in [0.2, 0.25) is 0 Å². The van der Waals surface area contributed by atoms with Gasteiger partial charge >= 0.3 is 0 Å². The fraction of sp³-hybridized carbons (Fsp3) is 1.00. The zero-order chi connectivity index (χ0) is 7.23. The number of hydrogen-bond acceptors (Lipinski definition) is 2. The Hall–Kier alpha value is -0.0800. The summed E-state index contributed by atoms with van der Waals surface area (Å²) in [5, 5.41) is 3.28. The predicted octanol–water partition coefficient (Wildman–Crippen LogP) is 1.16. The molecule has 0 saturated carbocycles. The van der Waals surface area contributed by atoms with Crippen molar-refractivity contribution in [2.45, 2.75) is 32.3 Å². The molecule has 0 spiro atoms. The fourth-order valence-electron chi connectivity index (χ4n) is 0.898. The second-order valence-corrected chi connectivity index (χ2v) is 2.95. The Morgan fingerprint density at radius 1 is 1.20 bits per heavy atom. The van der Waals surface area contributed by atoms with E-state index in [1.165, 1.54) is 32.4 Å². The van der Waals surface area contributed by atoms with Crippen molar-refractivity contribution in [1.82, 2.24) is 5.32 Å². The maximum Gasteiger partial charge on any atom is 0.0781 e. The van der Waals surface area contributed by atoms with Gasteiger partial charge in [-0.25, -0.2) is 0 Å². The molecule has 0 aromatic heterocycles. The summed E-state index contributed by atoms with van der Waals surface area (Å²) in [5.41, 5.74) is 0. The van der Waals surface area contributed by atoms with Crippen molar-refractivity contribution in [3.8, 4) is 0 Å². The number of ether oxygens (including phenoxy) is 1. The van der Waals surface area contributed by atoms with Crippen LogP contribution >= 0.6 is 0 Å². The van der Waals surface area contributed by atoms with Gasteiger partial charge in [0.05, 0.1) is 12.7 Å². The van der Waals surface area contributed by atoms with Crippen LogP contribution in [-0.4, -0.2) is 25.8 Å². The van der Waals surface area contributed by atoms with Gasteiger partial charge in [0, 0.05) is 0 Å². The second-order valence-electron chi connectivity index (χ2n) is 2.95. The molecule has 2 heteroatoms. The Morgan fingerprint density at radius 2 is 1.70 bits per heavy atom. The Morgan fingerprint density at radius 3 is 1.80 bits per heavy atom. The number of rotatable bonds is 0. The predicted molar refractivity (Wildman–Crippen MR) is 42.1 cm³/mol. The fourth-order valence-corrected chi connectivity index (χ4v) is 0.898. The maximum atomic E-state index is 4.71. The van der Waals surface area contributed by atoms with Gasteiger partial charge in [0.1, 0.15) is 0 Å². The quantitative estimate of drug-likeness (QED) is 0.515. The topological polar surface area (TPSA) is 24.6 Å². The van der Waals surface area contributed by atoms with Crippen molar-refractivity contribution in [2.75, 3.05) is 19.7 Å². The zero-order valence-electron chi connectivity index (χ0n) is 6.73. The molecule has 2 rings (SSSR count). The molecule has 0 bridgehead atoms. The molecule has 0 amide bonds. The molecule has 10 heavy (non-hydrogen) atoms. The minimum atomic E-state index is 0.583. The Balaban J connectivity index is 0.000000108. The third kappa shape index (κ3) is 4.77. The molecule has 1 N–H and O–H groups in total. The molecule has 60 valence electrons. The lowest BCUT2D eigenvalue weighted by Crippen LogP contribution is -2.21. The second kappa shape index (κ2) is 4.69. The number of hydrogen-bond donors (Lipinski definition) is 1. The summed E-state index contributed by atoms with van der Waals surface area (Å²) in [6.07, 6.45) is 4.80. The first-order chi connectivity index (χ1) is 4.89. The molecule has 0 aromatic carbocycles. The molecule has 0 aromatic rings. The Bertz CT molecular complexity index is 65.8.